The highest BCUT2D eigenvalue weighted by molar-refractivity contribution is 7.11. The fourth-order valence-electron chi connectivity index (χ4n) is 2.09. The zero-order valence-electron chi connectivity index (χ0n) is 9.18. The van der Waals surface area contributed by atoms with Crippen molar-refractivity contribution in [3.8, 4) is 0 Å². The molecule has 0 aromatic carbocycles. The Hall–Kier alpha value is -1.20. The molecule has 0 amide bonds. The third-order valence-electron chi connectivity index (χ3n) is 2.96. The summed E-state index contributed by atoms with van der Waals surface area (Å²) in [5.74, 6) is 0. The lowest BCUT2D eigenvalue weighted by molar-refractivity contribution is 0.764. The Labute approximate surface area is 98.1 Å². The number of nitrogens with two attached hydrogens (primary N) is 1. The Bertz CT molecular complexity index is 492. The van der Waals surface area contributed by atoms with Gasteiger partial charge in [-0.15, -0.1) is 11.3 Å². The molecule has 0 spiro atoms. The SMILES string of the molecule is Cn1cc(C(N)c2nc3c(s2)CCC3)cn1. The zero-order valence-corrected chi connectivity index (χ0v) is 10.00. The molecule has 1 aliphatic carbocycles. The van der Waals surface area contributed by atoms with Crippen LogP contribution >= 0.6 is 11.3 Å². The van der Waals surface area contributed by atoms with Crippen LogP contribution in [-0.2, 0) is 19.9 Å². The van der Waals surface area contributed by atoms with E-state index >= 15 is 0 Å². The largest absolute Gasteiger partial charge is 0.318 e. The number of aromatic nitrogens is 3. The van der Waals surface area contributed by atoms with Gasteiger partial charge in [-0.25, -0.2) is 4.98 Å². The van der Waals surface area contributed by atoms with Crippen molar-refractivity contribution in [3.63, 3.8) is 0 Å². The molecule has 0 aliphatic heterocycles. The van der Waals surface area contributed by atoms with Gasteiger partial charge in [0, 0.05) is 23.7 Å². The van der Waals surface area contributed by atoms with Crippen molar-refractivity contribution in [3.05, 3.63) is 33.5 Å². The van der Waals surface area contributed by atoms with Gasteiger partial charge in [-0.1, -0.05) is 0 Å². The first-order chi connectivity index (χ1) is 7.74. The van der Waals surface area contributed by atoms with Gasteiger partial charge in [-0.2, -0.15) is 5.10 Å². The normalized spacial score (nSPS) is 16.4. The summed E-state index contributed by atoms with van der Waals surface area (Å²) in [7, 11) is 1.90. The standard InChI is InChI=1S/C11H14N4S/c1-15-6-7(5-13-15)10(12)11-14-8-3-2-4-9(8)16-11/h5-6,10H,2-4,12H2,1H3. The van der Waals surface area contributed by atoms with E-state index in [9.17, 15) is 0 Å². The van der Waals surface area contributed by atoms with E-state index in [1.807, 2.05) is 19.4 Å². The molecule has 2 N–H and O–H groups in total. The van der Waals surface area contributed by atoms with Gasteiger partial charge in [0.05, 0.1) is 17.9 Å². The quantitative estimate of drug-likeness (QED) is 0.855. The van der Waals surface area contributed by atoms with Crippen LogP contribution < -0.4 is 5.73 Å². The van der Waals surface area contributed by atoms with Crippen molar-refractivity contribution in [2.75, 3.05) is 0 Å². The third kappa shape index (κ3) is 1.56. The maximum absolute atomic E-state index is 6.19. The van der Waals surface area contributed by atoms with Crippen LogP contribution in [0.25, 0.3) is 0 Å². The van der Waals surface area contributed by atoms with Gasteiger partial charge < -0.3 is 5.73 Å². The van der Waals surface area contributed by atoms with E-state index in [0.29, 0.717) is 0 Å². The van der Waals surface area contributed by atoms with Crippen LogP contribution in [0.1, 0.15) is 33.6 Å². The summed E-state index contributed by atoms with van der Waals surface area (Å²) in [6, 6.07) is -0.121. The lowest BCUT2D eigenvalue weighted by Crippen LogP contribution is -2.10. The highest BCUT2D eigenvalue weighted by atomic mass is 32.1. The summed E-state index contributed by atoms with van der Waals surface area (Å²) in [5, 5.41) is 5.17. The zero-order chi connectivity index (χ0) is 11.1. The Morgan fingerprint density at radius 2 is 2.38 bits per heavy atom. The van der Waals surface area contributed by atoms with Gasteiger partial charge >= 0.3 is 0 Å². The summed E-state index contributed by atoms with van der Waals surface area (Å²) in [4.78, 5) is 6.06. The van der Waals surface area contributed by atoms with Gasteiger partial charge in [0.25, 0.3) is 0 Å². The second-order valence-electron chi connectivity index (χ2n) is 4.20. The number of thiazole rings is 1. The predicted octanol–water partition coefficient (Wildman–Crippen LogP) is 1.41. The van der Waals surface area contributed by atoms with Crippen molar-refractivity contribution in [1.29, 1.82) is 0 Å². The van der Waals surface area contributed by atoms with E-state index in [-0.39, 0.29) is 6.04 Å². The number of aryl methyl sites for hydroxylation is 3. The van der Waals surface area contributed by atoms with E-state index in [1.165, 1.54) is 23.4 Å². The van der Waals surface area contributed by atoms with Crippen molar-refractivity contribution >= 4 is 11.3 Å². The lowest BCUT2D eigenvalue weighted by atomic mass is 10.2. The van der Waals surface area contributed by atoms with Gasteiger partial charge in [0.1, 0.15) is 5.01 Å². The summed E-state index contributed by atoms with van der Waals surface area (Å²) in [6.07, 6.45) is 7.31. The molecule has 0 saturated carbocycles. The van der Waals surface area contributed by atoms with Crippen molar-refractivity contribution in [2.45, 2.75) is 25.3 Å². The fourth-order valence-corrected chi connectivity index (χ4v) is 3.27. The second kappa shape index (κ2) is 3.68. The van der Waals surface area contributed by atoms with E-state index in [0.717, 1.165) is 17.0 Å². The highest BCUT2D eigenvalue weighted by Gasteiger charge is 2.21. The first-order valence-electron chi connectivity index (χ1n) is 5.46. The van der Waals surface area contributed by atoms with Crippen LogP contribution in [-0.4, -0.2) is 14.8 Å². The molecule has 0 bridgehead atoms. The Balaban J connectivity index is 1.91. The average molecular weight is 234 g/mol. The summed E-state index contributed by atoms with van der Waals surface area (Å²) in [6.45, 7) is 0. The molecule has 3 rings (SSSR count). The second-order valence-corrected chi connectivity index (χ2v) is 5.32. The Morgan fingerprint density at radius 3 is 3.06 bits per heavy atom. The molecule has 1 atom stereocenters. The van der Waals surface area contributed by atoms with Crippen molar-refractivity contribution < 1.29 is 0 Å². The molecular weight excluding hydrogens is 220 g/mol. The molecule has 5 heteroatoms. The first kappa shape index (κ1) is 9.99. The third-order valence-corrected chi connectivity index (χ3v) is 4.20. The van der Waals surface area contributed by atoms with E-state index in [1.54, 1.807) is 16.0 Å². The number of hydrogen-bond donors (Lipinski definition) is 1. The molecule has 2 aromatic rings. The maximum Gasteiger partial charge on any atom is 0.115 e. The van der Waals surface area contributed by atoms with Crippen LogP contribution in [0.3, 0.4) is 0 Å². The molecule has 1 aliphatic rings. The average Bonchev–Trinajstić information content (AvgIpc) is 2.89. The number of nitrogens with zero attached hydrogens (tertiary/aromatic N) is 3. The van der Waals surface area contributed by atoms with Crippen molar-refractivity contribution in [1.82, 2.24) is 14.8 Å². The molecule has 1 unspecified atom stereocenters. The molecule has 0 radical (unpaired) electrons. The van der Waals surface area contributed by atoms with Gasteiger partial charge in [0.2, 0.25) is 0 Å². The Kier molecular flexibility index (Phi) is 2.29. The molecule has 2 aromatic heterocycles. The predicted molar refractivity (Wildman–Crippen MR) is 63.4 cm³/mol. The minimum Gasteiger partial charge on any atom is -0.318 e. The minimum atomic E-state index is -0.121. The first-order valence-corrected chi connectivity index (χ1v) is 6.28. The molecule has 0 saturated heterocycles. The summed E-state index contributed by atoms with van der Waals surface area (Å²) in [5.41, 5.74) is 8.49. The monoisotopic (exact) mass is 234 g/mol. The van der Waals surface area contributed by atoms with E-state index < -0.39 is 0 Å². The van der Waals surface area contributed by atoms with Crippen LogP contribution in [0.15, 0.2) is 12.4 Å². The fraction of sp³-hybridized carbons (Fsp3) is 0.455. The number of rotatable bonds is 2. The van der Waals surface area contributed by atoms with Gasteiger partial charge in [-0.3, -0.25) is 4.68 Å². The molecule has 0 fully saturated rings. The molecule has 2 heterocycles. The molecule has 84 valence electrons. The number of fused-ring (bicyclic) bond motifs is 1. The van der Waals surface area contributed by atoms with Gasteiger partial charge in [-0.05, 0) is 19.3 Å². The summed E-state index contributed by atoms with van der Waals surface area (Å²) < 4.78 is 1.77. The van der Waals surface area contributed by atoms with Gasteiger partial charge in [0.15, 0.2) is 0 Å². The maximum atomic E-state index is 6.19. The van der Waals surface area contributed by atoms with Crippen LogP contribution in [0, 0.1) is 0 Å². The van der Waals surface area contributed by atoms with Crippen LogP contribution in [0.2, 0.25) is 0 Å². The smallest absolute Gasteiger partial charge is 0.115 e. The van der Waals surface area contributed by atoms with Crippen molar-refractivity contribution in [2.24, 2.45) is 12.8 Å². The lowest BCUT2D eigenvalue weighted by Gasteiger charge is -2.04. The number of hydrogen-bond acceptors (Lipinski definition) is 4. The Morgan fingerprint density at radius 1 is 1.50 bits per heavy atom. The van der Waals surface area contributed by atoms with E-state index in [4.69, 9.17) is 5.73 Å². The molecular formula is C11H14N4S. The van der Waals surface area contributed by atoms with E-state index in [2.05, 4.69) is 10.1 Å². The molecule has 16 heavy (non-hydrogen) atoms. The topological polar surface area (TPSA) is 56.7 Å². The summed E-state index contributed by atoms with van der Waals surface area (Å²) >= 11 is 1.76. The minimum absolute atomic E-state index is 0.121. The highest BCUT2D eigenvalue weighted by Crippen LogP contribution is 2.31. The van der Waals surface area contributed by atoms with Crippen LogP contribution in [0.4, 0.5) is 0 Å². The molecule has 4 nitrogen and oxygen atoms in total. The van der Waals surface area contributed by atoms with Crippen LogP contribution in [0.5, 0.6) is 0 Å².